The van der Waals surface area contributed by atoms with E-state index in [0.717, 1.165) is 16.7 Å². The lowest BCUT2D eigenvalue weighted by molar-refractivity contribution is -0.385. The van der Waals surface area contributed by atoms with Gasteiger partial charge in [-0.15, -0.1) is 0 Å². The van der Waals surface area contributed by atoms with E-state index < -0.39 is 27.2 Å². The highest BCUT2D eigenvalue weighted by molar-refractivity contribution is 5.90. The van der Waals surface area contributed by atoms with Crippen LogP contribution in [0.2, 0.25) is 0 Å². The van der Waals surface area contributed by atoms with Crippen molar-refractivity contribution in [2.75, 3.05) is 13.7 Å². The van der Waals surface area contributed by atoms with Gasteiger partial charge in [-0.1, -0.05) is 36.4 Å². The van der Waals surface area contributed by atoms with Crippen molar-refractivity contribution in [2.45, 2.75) is 32.1 Å². The first-order chi connectivity index (χ1) is 19.6. The van der Waals surface area contributed by atoms with Crippen molar-refractivity contribution in [1.82, 2.24) is 0 Å². The molecule has 0 aliphatic rings. The average molecular weight is 560 g/mol. The topological polar surface area (TPSA) is 139 Å². The Morgan fingerprint density at radius 2 is 1.34 bits per heavy atom. The number of hydrogen-bond acceptors (Lipinski definition) is 8. The zero-order chi connectivity index (χ0) is 29.8. The second-order valence-electron chi connectivity index (χ2n) is 9.77. The summed E-state index contributed by atoms with van der Waals surface area (Å²) in [5.41, 5.74) is 2.43. The number of methoxy groups -OCH3 is 1. The first-order valence-electron chi connectivity index (χ1n) is 12.9. The molecule has 3 aromatic carbocycles. The third-order valence-corrected chi connectivity index (χ3v) is 6.55. The Hall–Kier alpha value is -4.86. The van der Waals surface area contributed by atoms with E-state index >= 15 is 0 Å². The molecule has 0 bridgehead atoms. The molecule has 0 aromatic heterocycles. The van der Waals surface area contributed by atoms with Gasteiger partial charge in [0.2, 0.25) is 0 Å². The van der Waals surface area contributed by atoms with Crippen LogP contribution in [-0.4, -0.2) is 35.5 Å². The number of nitro benzene ring substituents is 2. The molecule has 3 aromatic rings. The third kappa shape index (κ3) is 9.68. The van der Waals surface area contributed by atoms with Gasteiger partial charge < -0.3 is 9.47 Å². The molecule has 0 aliphatic heterocycles. The normalized spacial score (nSPS) is 11.3. The molecule has 0 N–H and O–H groups in total. The summed E-state index contributed by atoms with van der Waals surface area (Å²) >= 11 is 0. The fraction of sp³-hybridized carbons (Fsp3) is 0.258. The smallest absolute Gasteiger partial charge is 0.338 e. The quantitative estimate of drug-likeness (QED) is 0.0735. The summed E-state index contributed by atoms with van der Waals surface area (Å²) in [5, 5.41) is 22.0. The van der Waals surface area contributed by atoms with Gasteiger partial charge in [0.05, 0.1) is 29.1 Å². The number of carbonyl (C=O) groups excluding carboxylic acids is 2. The van der Waals surface area contributed by atoms with E-state index in [-0.39, 0.29) is 18.0 Å². The van der Waals surface area contributed by atoms with Crippen molar-refractivity contribution < 1.29 is 28.9 Å². The molecule has 213 valence electrons. The van der Waals surface area contributed by atoms with Crippen LogP contribution in [0.1, 0.15) is 46.3 Å². The number of nitrogens with zero attached hydrogens (tertiary/aromatic N) is 2. The van der Waals surface area contributed by atoms with Gasteiger partial charge in [0.1, 0.15) is 0 Å². The van der Waals surface area contributed by atoms with E-state index in [1.807, 2.05) is 0 Å². The van der Waals surface area contributed by atoms with Crippen LogP contribution >= 0.6 is 0 Å². The van der Waals surface area contributed by atoms with E-state index in [4.69, 9.17) is 4.74 Å². The maximum absolute atomic E-state index is 12.4. The van der Waals surface area contributed by atoms with Crippen LogP contribution in [-0.2, 0) is 27.1 Å². The molecule has 0 fully saturated rings. The molecule has 0 amide bonds. The Morgan fingerprint density at radius 1 is 0.829 bits per heavy atom. The molecular formula is C31H31N2O8. The number of benzene rings is 3. The minimum absolute atomic E-state index is 0.00731. The highest BCUT2D eigenvalue weighted by Crippen LogP contribution is 2.33. The molecule has 0 atom stereocenters. The van der Waals surface area contributed by atoms with Gasteiger partial charge in [0.25, 0.3) is 11.4 Å². The lowest BCUT2D eigenvalue weighted by atomic mass is 9.74. The Labute approximate surface area is 237 Å². The molecule has 10 heteroatoms. The first kappa shape index (κ1) is 30.7. The Balaban J connectivity index is 1.58. The number of carbonyl (C=O) groups is 2. The molecule has 0 aliphatic carbocycles. The molecular weight excluding hydrogens is 528 g/mol. The van der Waals surface area contributed by atoms with Crippen LogP contribution in [0.15, 0.2) is 78.9 Å². The summed E-state index contributed by atoms with van der Waals surface area (Å²) < 4.78 is 9.98. The number of unbranched alkanes of at least 4 members (excludes halogenated alkanes) is 1. The number of ether oxygens (including phenoxy) is 2. The van der Waals surface area contributed by atoms with Crippen LogP contribution < -0.4 is 0 Å². The van der Waals surface area contributed by atoms with Gasteiger partial charge in [-0.2, -0.15) is 0 Å². The summed E-state index contributed by atoms with van der Waals surface area (Å²) in [6.45, 7) is 4.70. The van der Waals surface area contributed by atoms with Crippen LogP contribution in [0.4, 0.5) is 11.4 Å². The summed E-state index contributed by atoms with van der Waals surface area (Å²) in [7, 11) is 1.29. The predicted molar refractivity (Wildman–Crippen MR) is 153 cm³/mol. The SMILES string of the molecule is [CH2]C(CCCCOC(=O)c1ccc(/C=C/C(=O)OC)cc1)(Cc1ccc([N+](=O)[O-])cc1)Cc1ccc([N+](=O)[O-])cc1. The van der Waals surface area contributed by atoms with Crippen molar-refractivity contribution in [3.8, 4) is 0 Å². The Bertz CT molecular complexity index is 1320. The van der Waals surface area contributed by atoms with Gasteiger partial charge in [-0.25, -0.2) is 9.59 Å². The molecule has 0 spiro atoms. The second kappa shape index (κ2) is 14.5. The molecule has 41 heavy (non-hydrogen) atoms. The standard InChI is InChI=1S/C31H31N2O8/c1-31(21-24-7-14-27(15-8-24)32(36)37,22-25-9-16-28(17-10-25)33(38)39)19-3-4-20-41-30(35)26-12-5-23(6-13-26)11-18-29(34)40-2/h5-18H,1,3-4,19-22H2,2H3/b18-11+. The first-order valence-corrected chi connectivity index (χ1v) is 12.9. The van der Waals surface area contributed by atoms with Crippen molar-refractivity contribution in [1.29, 1.82) is 0 Å². The summed E-state index contributed by atoms with van der Waals surface area (Å²) in [6, 6.07) is 19.3. The summed E-state index contributed by atoms with van der Waals surface area (Å²) in [6.07, 6.45) is 5.92. The lowest BCUT2D eigenvalue weighted by Crippen LogP contribution is -2.23. The van der Waals surface area contributed by atoms with E-state index in [0.29, 0.717) is 37.7 Å². The van der Waals surface area contributed by atoms with Crippen LogP contribution in [0.3, 0.4) is 0 Å². The van der Waals surface area contributed by atoms with E-state index in [1.54, 1.807) is 54.6 Å². The fourth-order valence-electron chi connectivity index (χ4n) is 4.39. The zero-order valence-corrected chi connectivity index (χ0v) is 22.7. The lowest BCUT2D eigenvalue weighted by Gasteiger charge is -2.30. The van der Waals surface area contributed by atoms with Crippen molar-refractivity contribution in [2.24, 2.45) is 5.41 Å². The van der Waals surface area contributed by atoms with E-state index in [9.17, 15) is 29.8 Å². The molecule has 0 saturated heterocycles. The second-order valence-corrected chi connectivity index (χ2v) is 9.77. The number of hydrogen-bond donors (Lipinski definition) is 0. The largest absolute Gasteiger partial charge is 0.466 e. The maximum atomic E-state index is 12.4. The molecule has 3 rings (SSSR count). The molecule has 0 saturated carbocycles. The number of rotatable bonds is 14. The zero-order valence-electron chi connectivity index (χ0n) is 22.7. The minimum Gasteiger partial charge on any atom is -0.466 e. The van der Waals surface area contributed by atoms with Gasteiger partial charge in [0, 0.05) is 30.3 Å². The highest BCUT2D eigenvalue weighted by atomic mass is 16.6. The number of non-ortho nitro benzene ring substituents is 2. The maximum Gasteiger partial charge on any atom is 0.338 e. The van der Waals surface area contributed by atoms with Crippen molar-refractivity contribution in [3.05, 3.63) is 128 Å². The van der Waals surface area contributed by atoms with E-state index in [2.05, 4.69) is 11.7 Å². The fourth-order valence-corrected chi connectivity index (χ4v) is 4.39. The van der Waals surface area contributed by atoms with Gasteiger partial charge in [-0.3, -0.25) is 20.2 Å². The molecule has 0 unspecified atom stereocenters. The van der Waals surface area contributed by atoms with Crippen LogP contribution in [0.25, 0.3) is 6.08 Å². The molecule has 0 heterocycles. The Kier molecular flexibility index (Phi) is 10.9. The number of esters is 2. The van der Waals surface area contributed by atoms with Gasteiger partial charge >= 0.3 is 11.9 Å². The van der Waals surface area contributed by atoms with E-state index in [1.165, 1.54) is 37.5 Å². The molecule has 1 radical (unpaired) electrons. The van der Waals surface area contributed by atoms with Gasteiger partial charge in [-0.05, 0) is 79.3 Å². The third-order valence-electron chi connectivity index (χ3n) is 6.55. The van der Waals surface area contributed by atoms with Crippen molar-refractivity contribution in [3.63, 3.8) is 0 Å². The minimum atomic E-state index is -0.496. The van der Waals surface area contributed by atoms with Crippen LogP contribution in [0.5, 0.6) is 0 Å². The Morgan fingerprint density at radius 3 is 1.80 bits per heavy atom. The van der Waals surface area contributed by atoms with Crippen LogP contribution in [0, 0.1) is 32.6 Å². The monoisotopic (exact) mass is 559 g/mol. The van der Waals surface area contributed by atoms with Crippen molar-refractivity contribution >= 4 is 29.4 Å². The van der Waals surface area contributed by atoms with Gasteiger partial charge in [0.15, 0.2) is 0 Å². The number of nitro groups is 2. The average Bonchev–Trinajstić information content (AvgIpc) is 2.96. The summed E-state index contributed by atoms with van der Waals surface area (Å²) in [4.78, 5) is 44.8. The molecule has 10 nitrogen and oxygen atoms in total. The highest BCUT2D eigenvalue weighted by Gasteiger charge is 2.26. The summed E-state index contributed by atoms with van der Waals surface area (Å²) in [5.74, 6) is -0.925. The predicted octanol–water partition coefficient (Wildman–Crippen LogP) is 6.32.